The lowest BCUT2D eigenvalue weighted by atomic mass is 10.1. The summed E-state index contributed by atoms with van der Waals surface area (Å²) in [5, 5.41) is 4.89. The topological polar surface area (TPSA) is 69.6 Å². The Labute approximate surface area is 130 Å². The van der Waals surface area contributed by atoms with E-state index in [1.54, 1.807) is 18.2 Å². The molecule has 5 nitrogen and oxygen atoms in total. The molecule has 0 unspecified atom stereocenters. The largest absolute Gasteiger partial charge is 0.368 e. The molecule has 0 radical (unpaired) electrons. The van der Waals surface area contributed by atoms with Gasteiger partial charge in [0.1, 0.15) is 4.90 Å². The molecule has 6 heteroatoms. The van der Waals surface area contributed by atoms with Crippen molar-refractivity contribution >= 4 is 26.6 Å². The molecule has 0 aromatic heterocycles. The minimum Gasteiger partial charge on any atom is -0.368 e. The highest BCUT2D eigenvalue weighted by Gasteiger charge is 2.24. The van der Waals surface area contributed by atoms with Crippen molar-refractivity contribution in [1.29, 1.82) is 0 Å². The van der Waals surface area contributed by atoms with Crippen LogP contribution in [0.2, 0.25) is 0 Å². The monoisotopic (exact) mass is 320 g/mol. The number of hydrogen-bond donors (Lipinski definition) is 2. The molecule has 1 fully saturated rings. The van der Waals surface area contributed by atoms with Crippen LogP contribution in [-0.4, -0.2) is 38.1 Å². The predicted molar refractivity (Wildman–Crippen MR) is 88.0 cm³/mol. The molecular formula is C16H20N2O3S. The van der Waals surface area contributed by atoms with Gasteiger partial charge >= 0.3 is 0 Å². The maximum atomic E-state index is 11.6. The van der Waals surface area contributed by atoms with Crippen molar-refractivity contribution < 1.29 is 13.0 Å². The summed E-state index contributed by atoms with van der Waals surface area (Å²) >= 11 is 0. The van der Waals surface area contributed by atoms with Crippen LogP contribution in [0.1, 0.15) is 13.8 Å². The number of anilines is 1. The number of rotatable bonds is 2. The predicted octanol–water partition coefficient (Wildman–Crippen LogP) is 2.27. The van der Waals surface area contributed by atoms with Crippen LogP contribution in [0.3, 0.4) is 0 Å². The van der Waals surface area contributed by atoms with Gasteiger partial charge in [0, 0.05) is 41.6 Å². The molecule has 1 heterocycles. The molecule has 118 valence electrons. The summed E-state index contributed by atoms with van der Waals surface area (Å²) in [6.45, 7) is 5.99. The van der Waals surface area contributed by atoms with Crippen LogP contribution in [0.15, 0.2) is 41.3 Å². The van der Waals surface area contributed by atoms with Gasteiger partial charge in [0.05, 0.1) is 0 Å². The van der Waals surface area contributed by atoms with Crippen molar-refractivity contribution in [3.8, 4) is 0 Å². The molecule has 0 aliphatic carbocycles. The van der Waals surface area contributed by atoms with Gasteiger partial charge in [-0.15, -0.1) is 0 Å². The first kappa shape index (κ1) is 15.3. The van der Waals surface area contributed by atoms with Crippen molar-refractivity contribution in [2.45, 2.75) is 30.8 Å². The molecule has 1 aliphatic rings. The molecule has 1 aliphatic heterocycles. The highest BCUT2D eigenvalue weighted by atomic mass is 32.2. The number of benzene rings is 2. The van der Waals surface area contributed by atoms with Gasteiger partial charge in [0.25, 0.3) is 10.1 Å². The fourth-order valence-corrected chi connectivity index (χ4v) is 3.98. The number of hydrogen-bond acceptors (Lipinski definition) is 4. The van der Waals surface area contributed by atoms with Crippen LogP contribution in [0.25, 0.3) is 10.8 Å². The van der Waals surface area contributed by atoms with E-state index in [9.17, 15) is 13.0 Å². The molecule has 0 saturated carbocycles. The zero-order valence-electron chi connectivity index (χ0n) is 12.7. The third-order valence-electron chi connectivity index (χ3n) is 4.04. The van der Waals surface area contributed by atoms with Crippen molar-refractivity contribution in [2.24, 2.45) is 0 Å². The van der Waals surface area contributed by atoms with E-state index in [4.69, 9.17) is 0 Å². The standard InChI is InChI=1S/C16H20N2O3S/c1-11-9-18(10-12(2)17-11)15-7-8-16(22(19,20)21)14-6-4-3-5-13(14)15/h3-8,11-12,17H,9-10H2,1-2H3,(H,19,20,21)/t11-,12+. The summed E-state index contributed by atoms with van der Waals surface area (Å²) in [5.74, 6) is 0. The van der Waals surface area contributed by atoms with Gasteiger partial charge in [-0.1, -0.05) is 24.3 Å². The van der Waals surface area contributed by atoms with Gasteiger partial charge in [-0.3, -0.25) is 4.55 Å². The highest BCUT2D eigenvalue weighted by Crippen LogP contribution is 2.32. The van der Waals surface area contributed by atoms with Crippen molar-refractivity contribution in [1.82, 2.24) is 5.32 Å². The summed E-state index contributed by atoms with van der Waals surface area (Å²) < 4.78 is 32.6. The summed E-state index contributed by atoms with van der Waals surface area (Å²) in [6.07, 6.45) is 0. The zero-order valence-corrected chi connectivity index (χ0v) is 13.5. The van der Waals surface area contributed by atoms with E-state index in [1.165, 1.54) is 6.07 Å². The molecule has 0 bridgehead atoms. The molecule has 22 heavy (non-hydrogen) atoms. The first-order valence-electron chi connectivity index (χ1n) is 7.36. The van der Waals surface area contributed by atoms with Gasteiger partial charge < -0.3 is 10.2 Å². The van der Waals surface area contributed by atoms with E-state index in [2.05, 4.69) is 24.1 Å². The number of nitrogens with one attached hydrogen (secondary N) is 1. The summed E-state index contributed by atoms with van der Waals surface area (Å²) in [5.41, 5.74) is 1.00. The summed E-state index contributed by atoms with van der Waals surface area (Å²) in [4.78, 5) is 2.23. The minimum atomic E-state index is -4.23. The molecule has 0 spiro atoms. The average Bonchev–Trinajstić information content (AvgIpc) is 2.44. The van der Waals surface area contributed by atoms with Gasteiger partial charge in [0.15, 0.2) is 0 Å². The van der Waals surface area contributed by atoms with Crippen molar-refractivity contribution in [2.75, 3.05) is 18.0 Å². The fraction of sp³-hybridized carbons (Fsp3) is 0.375. The van der Waals surface area contributed by atoms with E-state index in [-0.39, 0.29) is 4.90 Å². The Bertz CT molecular complexity index is 794. The number of piperazine rings is 1. The Kier molecular flexibility index (Phi) is 3.84. The second-order valence-electron chi connectivity index (χ2n) is 5.98. The van der Waals surface area contributed by atoms with Gasteiger partial charge in [0.2, 0.25) is 0 Å². The fourth-order valence-electron chi connectivity index (χ4n) is 3.28. The first-order chi connectivity index (χ1) is 10.4. The number of fused-ring (bicyclic) bond motifs is 1. The van der Waals surface area contributed by atoms with E-state index in [0.29, 0.717) is 17.5 Å². The SMILES string of the molecule is C[C@@H]1CN(c2ccc(S(=O)(=O)O)c3ccccc23)C[C@H](C)N1. The average molecular weight is 320 g/mol. The van der Waals surface area contributed by atoms with Gasteiger partial charge in [-0.05, 0) is 26.0 Å². The smallest absolute Gasteiger partial charge is 0.295 e. The van der Waals surface area contributed by atoms with E-state index >= 15 is 0 Å². The van der Waals surface area contributed by atoms with Crippen molar-refractivity contribution in [3.05, 3.63) is 36.4 Å². The van der Waals surface area contributed by atoms with Gasteiger partial charge in [-0.25, -0.2) is 0 Å². The Morgan fingerprint density at radius 2 is 1.64 bits per heavy atom. The highest BCUT2D eigenvalue weighted by molar-refractivity contribution is 7.86. The molecule has 1 saturated heterocycles. The molecule has 2 atom stereocenters. The lowest BCUT2D eigenvalue weighted by molar-refractivity contribution is 0.407. The van der Waals surface area contributed by atoms with Crippen LogP contribution in [0, 0.1) is 0 Å². The second kappa shape index (κ2) is 5.53. The van der Waals surface area contributed by atoms with Crippen LogP contribution in [0.5, 0.6) is 0 Å². The lowest BCUT2D eigenvalue weighted by Crippen LogP contribution is -2.54. The summed E-state index contributed by atoms with van der Waals surface area (Å²) in [7, 11) is -4.23. The third kappa shape index (κ3) is 2.82. The van der Waals surface area contributed by atoms with E-state index in [1.807, 2.05) is 12.1 Å². The third-order valence-corrected chi connectivity index (χ3v) is 4.95. The molecule has 3 rings (SSSR count). The normalized spacial score (nSPS) is 23.0. The van der Waals surface area contributed by atoms with Crippen LogP contribution >= 0.6 is 0 Å². The maximum Gasteiger partial charge on any atom is 0.295 e. The Morgan fingerprint density at radius 3 is 2.23 bits per heavy atom. The molecule has 2 aromatic rings. The van der Waals surface area contributed by atoms with E-state index < -0.39 is 10.1 Å². The lowest BCUT2D eigenvalue weighted by Gasteiger charge is -2.38. The zero-order chi connectivity index (χ0) is 15.9. The summed E-state index contributed by atoms with van der Waals surface area (Å²) in [6, 6.07) is 11.3. The Balaban J connectivity index is 2.16. The molecule has 2 aromatic carbocycles. The van der Waals surface area contributed by atoms with E-state index in [0.717, 1.165) is 24.2 Å². The van der Waals surface area contributed by atoms with Crippen LogP contribution < -0.4 is 10.2 Å². The quantitative estimate of drug-likeness (QED) is 0.831. The van der Waals surface area contributed by atoms with Crippen LogP contribution in [-0.2, 0) is 10.1 Å². The molecule has 0 amide bonds. The number of nitrogens with zero attached hydrogens (tertiary/aromatic N) is 1. The maximum absolute atomic E-state index is 11.6. The van der Waals surface area contributed by atoms with Gasteiger partial charge in [-0.2, -0.15) is 8.42 Å². The molecular weight excluding hydrogens is 300 g/mol. The second-order valence-corrected chi connectivity index (χ2v) is 7.37. The minimum absolute atomic E-state index is 0.0388. The Morgan fingerprint density at radius 1 is 1.05 bits per heavy atom. The molecule has 2 N–H and O–H groups in total. The first-order valence-corrected chi connectivity index (χ1v) is 8.80. The Hall–Kier alpha value is -1.63. The van der Waals surface area contributed by atoms with Crippen LogP contribution in [0.4, 0.5) is 5.69 Å². The van der Waals surface area contributed by atoms with Crippen molar-refractivity contribution in [3.63, 3.8) is 0 Å².